The predicted octanol–water partition coefficient (Wildman–Crippen LogP) is 2.52. The molecule has 0 unspecified atom stereocenters. The van der Waals surface area contributed by atoms with Crippen LogP contribution >= 0.6 is 24.0 Å². The molecule has 0 aliphatic rings. The van der Waals surface area contributed by atoms with Gasteiger partial charge in [0.2, 0.25) is 0 Å². The number of anilines is 1. The van der Waals surface area contributed by atoms with Gasteiger partial charge in [-0.05, 0) is 32.9 Å². The highest BCUT2D eigenvalue weighted by Crippen LogP contribution is 2.29. The maximum absolute atomic E-state index is 11.8. The molecule has 0 atom stereocenters. The molecule has 0 aromatic heterocycles. The van der Waals surface area contributed by atoms with Gasteiger partial charge >= 0.3 is 0 Å². The Morgan fingerprint density at radius 1 is 1.20 bits per heavy atom. The van der Waals surface area contributed by atoms with Crippen LogP contribution in [0.25, 0.3) is 0 Å². The third-order valence-corrected chi connectivity index (χ3v) is 5.75. The van der Waals surface area contributed by atoms with Crippen LogP contribution in [0.4, 0.5) is 5.69 Å². The van der Waals surface area contributed by atoms with Gasteiger partial charge in [0.25, 0.3) is 0 Å². The lowest BCUT2D eigenvalue weighted by molar-refractivity contribution is 0.355. The van der Waals surface area contributed by atoms with Crippen molar-refractivity contribution < 1.29 is 17.9 Å². The van der Waals surface area contributed by atoms with Crippen LogP contribution in [0.15, 0.2) is 23.2 Å². The van der Waals surface area contributed by atoms with E-state index in [4.69, 9.17) is 9.47 Å². The van der Waals surface area contributed by atoms with Crippen molar-refractivity contribution in [1.29, 1.82) is 0 Å². The molecule has 0 amide bonds. The number of halogens is 1. The molecule has 0 aliphatic carbocycles. The zero-order valence-electron chi connectivity index (χ0n) is 15.5. The molecule has 2 N–H and O–H groups in total. The number of benzene rings is 1. The Morgan fingerprint density at radius 2 is 1.80 bits per heavy atom. The van der Waals surface area contributed by atoms with E-state index in [1.165, 1.54) is 6.26 Å². The molecule has 0 fully saturated rings. The maximum Gasteiger partial charge on any atom is 0.195 e. The topological polar surface area (TPSA) is 89.0 Å². The van der Waals surface area contributed by atoms with Gasteiger partial charge in [0, 0.05) is 24.6 Å². The second kappa shape index (κ2) is 10.0. The number of hydrogen-bond donors (Lipinski definition) is 2. The standard InChI is InChI=1S/C16H27N3O4S.HI/c1-7-17-15(18-11-16(2,3)24(6,20)21)19-12-8-9-13(22-4)14(10-12)23-5;/h8-10H,7,11H2,1-6H3,(H2,17,18,19);1H. The summed E-state index contributed by atoms with van der Waals surface area (Å²) < 4.78 is 33.1. The minimum atomic E-state index is -3.20. The Bertz CT molecular complexity index is 691. The van der Waals surface area contributed by atoms with E-state index >= 15 is 0 Å². The molecular formula is C16H28IN3O4S. The number of hydrogen-bond acceptors (Lipinski definition) is 5. The summed E-state index contributed by atoms with van der Waals surface area (Å²) in [6.45, 7) is 6.05. The average Bonchev–Trinajstić information content (AvgIpc) is 2.51. The Morgan fingerprint density at radius 3 is 2.28 bits per heavy atom. The van der Waals surface area contributed by atoms with Crippen LogP contribution < -0.4 is 20.1 Å². The number of sulfone groups is 1. The first-order chi connectivity index (χ1) is 11.1. The van der Waals surface area contributed by atoms with Gasteiger partial charge in [-0.3, -0.25) is 4.99 Å². The van der Waals surface area contributed by atoms with Crippen LogP contribution in [-0.2, 0) is 9.84 Å². The smallest absolute Gasteiger partial charge is 0.195 e. The molecule has 0 aliphatic heterocycles. The number of ether oxygens (including phenoxy) is 2. The molecule has 1 aromatic rings. The van der Waals surface area contributed by atoms with Crippen molar-refractivity contribution in [2.24, 2.45) is 4.99 Å². The molecule has 9 heteroatoms. The first-order valence-corrected chi connectivity index (χ1v) is 9.50. The first kappa shape index (κ1) is 23.8. The normalized spacial score (nSPS) is 12.2. The zero-order chi connectivity index (χ0) is 18.4. The number of rotatable bonds is 7. The summed E-state index contributed by atoms with van der Waals surface area (Å²) in [6, 6.07) is 5.40. The van der Waals surface area contributed by atoms with Gasteiger partial charge in [-0.15, -0.1) is 24.0 Å². The zero-order valence-corrected chi connectivity index (χ0v) is 18.7. The molecule has 1 aromatic carbocycles. The van der Waals surface area contributed by atoms with E-state index in [-0.39, 0.29) is 30.5 Å². The Balaban J connectivity index is 0.00000576. The summed E-state index contributed by atoms with van der Waals surface area (Å²) in [7, 11) is -0.0665. The van der Waals surface area contributed by atoms with Gasteiger partial charge in [-0.2, -0.15) is 0 Å². The van der Waals surface area contributed by atoms with Crippen LogP contribution in [-0.4, -0.2) is 52.7 Å². The van der Waals surface area contributed by atoms with Gasteiger partial charge < -0.3 is 20.1 Å². The summed E-state index contributed by atoms with van der Waals surface area (Å²) >= 11 is 0. The fourth-order valence-electron chi connectivity index (χ4n) is 1.74. The molecule has 7 nitrogen and oxygen atoms in total. The minimum Gasteiger partial charge on any atom is -0.493 e. The minimum absolute atomic E-state index is 0. The van der Waals surface area contributed by atoms with Crippen molar-refractivity contribution in [3.8, 4) is 11.5 Å². The lowest BCUT2D eigenvalue weighted by Gasteiger charge is -2.21. The molecule has 0 heterocycles. The fourth-order valence-corrected chi connectivity index (χ4v) is 2.04. The number of guanidine groups is 1. The molecule has 25 heavy (non-hydrogen) atoms. The molecule has 0 spiro atoms. The van der Waals surface area contributed by atoms with Crippen molar-refractivity contribution in [3.05, 3.63) is 18.2 Å². The Labute approximate surface area is 167 Å². The molecule has 0 saturated heterocycles. The molecule has 0 bridgehead atoms. The highest BCUT2D eigenvalue weighted by molar-refractivity contribution is 14.0. The van der Waals surface area contributed by atoms with Crippen molar-refractivity contribution in [2.45, 2.75) is 25.5 Å². The van der Waals surface area contributed by atoms with Gasteiger partial charge in [0.15, 0.2) is 27.3 Å². The third kappa shape index (κ3) is 6.89. The third-order valence-electron chi connectivity index (χ3n) is 3.61. The highest BCUT2D eigenvalue weighted by atomic mass is 127. The van der Waals surface area contributed by atoms with Crippen LogP contribution in [0.2, 0.25) is 0 Å². The van der Waals surface area contributed by atoms with Gasteiger partial charge in [0.1, 0.15) is 0 Å². The molecule has 0 radical (unpaired) electrons. The van der Waals surface area contributed by atoms with Crippen molar-refractivity contribution >= 4 is 45.5 Å². The Kier molecular flexibility index (Phi) is 9.55. The van der Waals surface area contributed by atoms with Crippen LogP contribution in [0.3, 0.4) is 0 Å². The predicted molar refractivity (Wildman–Crippen MR) is 113 cm³/mol. The summed E-state index contributed by atoms with van der Waals surface area (Å²) in [6.07, 6.45) is 1.22. The molecule has 144 valence electrons. The molecule has 0 saturated carbocycles. The number of aliphatic imine (C=N–C) groups is 1. The van der Waals surface area contributed by atoms with Crippen LogP contribution in [0.1, 0.15) is 20.8 Å². The van der Waals surface area contributed by atoms with E-state index in [1.807, 2.05) is 13.0 Å². The second-order valence-electron chi connectivity index (χ2n) is 5.92. The van der Waals surface area contributed by atoms with Crippen LogP contribution in [0.5, 0.6) is 11.5 Å². The van der Waals surface area contributed by atoms with Gasteiger partial charge in [0.05, 0.1) is 25.5 Å². The van der Waals surface area contributed by atoms with E-state index in [9.17, 15) is 8.42 Å². The number of methoxy groups -OCH3 is 2. The monoisotopic (exact) mass is 485 g/mol. The maximum atomic E-state index is 11.8. The van der Waals surface area contributed by atoms with Crippen molar-refractivity contribution in [1.82, 2.24) is 5.32 Å². The van der Waals surface area contributed by atoms with E-state index in [0.29, 0.717) is 24.0 Å². The second-order valence-corrected chi connectivity index (χ2v) is 8.57. The molecule has 1 rings (SSSR count). The quantitative estimate of drug-likeness (QED) is 0.351. The van der Waals surface area contributed by atoms with E-state index in [2.05, 4.69) is 15.6 Å². The Hall–Kier alpha value is -1.23. The lowest BCUT2D eigenvalue weighted by atomic mass is 10.2. The lowest BCUT2D eigenvalue weighted by Crippen LogP contribution is -2.37. The van der Waals surface area contributed by atoms with Crippen molar-refractivity contribution in [2.75, 3.05) is 38.9 Å². The highest BCUT2D eigenvalue weighted by Gasteiger charge is 2.29. The van der Waals surface area contributed by atoms with Crippen LogP contribution in [0, 0.1) is 0 Å². The van der Waals surface area contributed by atoms with Crippen molar-refractivity contribution in [3.63, 3.8) is 0 Å². The largest absolute Gasteiger partial charge is 0.493 e. The number of nitrogens with zero attached hydrogens (tertiary/aromatic N) is 1. The fraction of sp³-hybridized carbons (Fsp3) is 0.562. The summed E-state index contributed by atoms with van der Waals surface area (Å²) in [5, 5.41) is 6.23. The van der Waals surface area contributed by atoms with E-state index in [1.54, 1.807) is 40.2 Å². The number of nitrogens with one attached hydrogen (secondary N) is 2. The van der Waals surface area contributed by atoms with E-state index in [0.717, 1.165) is 5.69 Å². The first-order valence-electron chi connectivity index (χ1n) is 7.61. The average molecular weight is 485 g/mol. The van der Waals surface area contributed by atoms with E-state index < -0.39 is 14.6 Å². The summed E-state index contributed by atoms with van der Waals surface area (Å²) in [5.41, 5.74) is 0.754. The summed E-state index contributed by atoms with van der Waals surface area (Å²) in [4.78, 5) is 4.39. The summed E-state index contributed by atoms with van der Waals surface area (Å²) in [5.74, 6) is 1.72. The molecular weight excluding hydrogens is 457 g/mol. The SMILES string of the molecule is CCNC(=NCC(C)(C)S(C)(=O)=O)Nc1ccc(OC)c(OC)c1.I. The van der Waals surface area contributed by atoms with Gasteiger partial charge in [-0.1, -0.05) is 0 Å². The van der Waals surface area contributed by atoms with Gasteiger partial charge in [-0.25, -0.2) is 8.42 Å².